The number of aliphatic carboxylic acids is 1. The maximum Gasteiger partial charge on any atom is 0.330 e. The van der Waals surface area contributed by atoms with Crippen LogP contribution in [0.3, 0.4) is 0 Å². The van der Waals surface area contributed by atoms with E-state index >= 15 is 0 Å². The number of allylic oxidation sites excluding steroid dienone is 2. The van der Waals surface area contributed by atoms with Crippen molar-refractivity contribution in [2.75, 3.05) is 13.2 Å². The lowest BCUT2D eigenvalue weighted by Crippen LogP contribution is -2.37. The second-order valence-electron chi connectivity index (χ2n) is 6.46. The molecule has 1 aromatic carbocycles. The number of rotatable bonds is 9. The number of benzene rings is 1. The van der Waals surface area contributed by atoms with Crippen LogP contribution in [0.1, 0.15) is 18.4 Å². The Labute approximate surface area is 163 Å². The van der Waals surface area contributed by atoms with Crippen LogP contribution < -0.4 is 4.74 Å². The van der Waals surface area contributed by atoms with E-state index in [0.29, 0.717) is 5.75 Å². The van der Waals surface area contributed by atoms with Crippen molar-refractivity contribution in [2.45, 2.75) is 25.9 Å². The van der Waals surface area contributed by atoms with Crippen LogP contribution in [0, 0.1) is 18.8 Å². The number of carboxylic acid groups (broad SMARTS) is 1. The van der Waals surface area contributed by atoms with E-state index in [1.165, 1.54) is 0 Å². The Morgan fingerprint density at radius 2 is 1.86 bits per heavy atom. The smallest absolute Gasteiger partial charge is 0.330 e. The number of carbonyl (C=O) groups excluding carboxylic acids is 2. The fourth-order valence-corrected chi connectivity index (χ4v) is 2.85. The minimum atomic E-state index is -1.04. The van der Waals surface area contributed by atoms with Crippen molar-refractivity contribution in [1.29, 1.82) is 0 Å². The van der Waals surface area contributed by atoms with Crippen molar-refractivity contribution in [3.63, 3.8) is 0 Å². The summed E-state index contributed by atoms with van der Waals surface area (Å²) < 4.78 is 16.1. The first-order valence-electron chi connectivity index (χ1n) is 8.98. The molecule has 0 radical (unpaired) electrons. The van der Waals surface area contributed by atoms with Gasteiger partial charge in [0, 0.05) is 6.08 Å². The molecule has 150 valence electrons. The molecule has 0 aliphatic heterocycles. The molecule has 0 aromatic heterocycles. The van der Waals surface area contributed by atoms with Crippen LogP contribution >= 0.6 is 0 Å². The summed E-state index contributed by atoms with van der Waals surface area (Å²) in [6, 6.07) is 7.33. The number of para-hydroxylation sites is 1. The van der Waals surface area contributed by atoms with Crippen molar-refractivity contribution in [2.24, 2.45) is 11.8 Å². The molecule has 0 saturated carbocycles. The lowest BCUT2D eigenvalue weighted by molar-refractivity contribution is -0.167. The zero-order valence-electron chi connectivity index (χ0n) is 15.7. The van der Waals surface area contributed by atoms with Crippen molar-refractivity contribution in [1.82, 2.24) is 0 Å². The van der Waals surface area contributed by atoms with Gasteiger partial charge < -0.3 is 19.3 Å². The van der Waals surface area contributed by atoms with Gasteiger partial charge in [0.25, 0.3) is 0 Å². The van der Waals surface area contributed by atoms with E-state index in [2.05, 4.69) is 6.58 Å². The number of ether oxygens (including phenoxy) is 3. The maximum atomic E-state index is 12.6. The molecule has 2 rings (SSSR count). The predicted octanol–water partition coefficient (Wildman–Crippen LogP) is 2.68. The summed E-state index contributed by atoms with van der Waals surface area (Å²) >= 11 is 0. The van der Waals surface area contributed by atoms with Gasteiger partial charge in [-0.05, 0) is 31.4 Å². The Hall–Kier alpha value is -3.09. The van der Waals surface area contributed by atoms with Gasteiger partial charge in [-0.15, -0.1) is 0 Å². The molecular weight excluding hydrogens is 364 g/mol. The first kappa shape index (κ1) is 21.2. The van der Waals surface area contributed by atoms with Crippen LogP contribution in [0.25, 0.3) is 0 Å². The molecule has 1 N–H and O–H groups in total. The van der Waals surface area contributed by atoms with Gasteiger partial charge >= 0.3 is 17.9 Å². The highest BCUT2D eigenvalue weighted by Crippen LogP contribution is 2.27. The van der Waals surface area contributed by atoms with E-state index in [0.717, 1.165) is 11.6 Å². The van der Waals surface area contributed by atoms with E-state index in [1.807, 2.05) is 25.1 Å². The molecule has 1 aliphatic rings. The summed E-state index contributed by atoms with van der Waals surface area (Å²) in [5, 5.41) is 9.34. The largest absolute Gasteiger partial charge is 0.489 e. The Bertz CT molecular complexity index is 753. The molecule has 0 saturated heterocycles. The van der Waals surface area contributed by atoms with Crippen LogP contribution in [0.2, 0.25) is 0 Å². The lowest BCUT2D eigenvalue weighted by atomic mass is 9.83. The summed E-state index contributed by atoms with van der Waals surface area (Å²) in [7, 11) is 0. The topological polar surface area (TPSA) is 99.1 Å². The predicted molar refractivity (Wildman–Crippen MR) is 101 cm³/mol. The Morgan fingerprint density at radius 1 is 1.18 bits per heavy atom. The monoisotopic (exact) mass is 388 g/mol. The van der Waals surface area contributed by atoms with Crippen LogP contribution in [0.15, 0.2) is 49.1 Å². The number of aryl methyl sites for hydroxylation is 1. The zero-order valence-corrected chi connectivity index (χ0v) is 15.7. The van der Waals surface area contributed by atoms with E-state index in [1.54, 1.807) is 18.2 Å². The molecule has 7 nitrogen and oxygen atoms in total. The SMILES string of the molecule is C=CC(=O)OCC(COc1ccccc1C)OC(=O)C1CC=CCC1C(=O)O. The highest BCUT2D eigenvalue weighted by atomic mass is 16.6. The Morgan fingerprint density at radius 3 is 2.50 bits per heavy atom. The fraction of sp³-hybridized carbons (Fsp3) is 0.381. The van der Waals surface area contributed by atoms with Gasteiger partial charge in [-0.3, -0.25) is 9.59 Å². The lowest BCUT2D eigenvalue weighted by Gasteiger charge is -2.26. The first-order chi connectivity index (χ1) is 13.4. The molecule has 7 heteroatoms. The van der Waals surface area contributed by atoms with Gasteiger partial charge in [0.05, 0.1) is 11.8 Å². The Balaban J connectivity index is 2.05. The van der Waals surface area contributed by atoms with E-state index in [4.69, 9.17) is 14.2 Å². The molecule has 0 bridgehead atoms. The number of esters is 2. The average Bonchev–Trinajstić information content (AvgIpc) is 2.70. The average molecular weight is 388 g/mol. The number of carboxylic acids is 1. The third kappa shape index (κ3) is 5.97. The van der Waals surface area contributed by atoms with Crippen molar-refractivity contribution < 1.29 is 33.7 Å². The highest BCUT2D eigenvalue weighted by Gasteiger charge is 2.36. The summed E-state index contributed by atoms with van der Waals surface area (Å²) in [6.45, 7) is 4.94. The second-order valence-corrected chi connectivity index (χ2v) is 6.46. The molecule has 3 atom stereocenters. The third-order valence-electron chi connectivity index (χ3n) is 4.43. The molecule has 0 amide bonds. The fourth-order valence-electron chi connectivity index (χ4n) is 2.85. The number of carbonyl (C=O) groups is 3. The molecule has 1 aliphatic carbocycles. The molecule has 28 heavy (non-hydrogen) atoms. The van der Waals surface area contributed by atoms with Gasteiger partial charge in [0.2, 0.25) is 0 Å². The van der Waals surface area contributed by atoms with E-state index in [9.17, 15) is 19.5 Å². The van der Waals surface area contributed by atoms with Crippen molar-refractivity contribution >= 4 is 17.9 Å². The van der Waals surface area contributed by atoms with Crippen LogP contribution in [-0.4, -0.2) is 42.3 Å². The minimum absolute atomic E-state index is 0.0404. The number of hydrogen-bond acceptors (Lipinski definition) is 6. The van der Waals surface area contributed by atoms with Crippen molar-refractivity contribution in [3.05, 3.63) is 54.6 Å². The van der Waals surface area contributed by atoms with Gasteiger partial charge in [-0.1, -0.05) is 36.9 Å². The second kappa shape index (κ2) is 10.3. The van der Waals surface area contributed by atoms with Gasteiger partial charge in [-0.25, -0.2) is 4.79 Å². The summed E-state index contributed by atoms with van der Waals surface area (Å²) in [5.74, 6) is -3.37. The van der Waals surface area contributed by atoms with Gasteiger partial charge in [0.1, 0.15) is 19.0 Å². The maximum absolute atomic E-state index is 12.6. The molecule has 0 heterocycles. The normalized spacial score (nSPS) is 19.3. The number of hydrogen-bond donors (Lipinski definition) is 1. The van der Waals surface area contributed by atoms with Crippen LogP contribution in [0.5, 0.6) is 5.75 Å². The summed E-state index contributed by atoms with van der Waals surface area (Å²) in [6.07, 6.45) is 4.19. The minimum Gasteiger partial charge on any atom is -0.489 e. The van der Waals surface area contributed by atoms with Crippen LogP contribution in [-0.2, 0) is 23.9 Å². The molecular formula is C21H24O7. The first-order valence-corrected chi connectivity index (χ1v) is 8.98. The molecule has 1 aromatic rings. The Kier molecular flexibility index (Phi) is 7.80. The van der Waals surface area contributed by atoms with Crippen molar-refractivity contribution in [3.8, 4) is 5.75 Å². The summed E-state index contributed by atoms with van der Waals surface area (Å²) in [5.41, 5.74) is 0.902. The molecule has 3 unspecified atom stereocenters. The highest BCUT2D eigenvalue weighted by molar-refractivity contribution is 5.82. The summed E-state index contributed by atoms with van der Waals surface area (Å²) in [4.78, 5) is 35.4. The van der Waals surface area contributed by atoms with Crippen LogP contribution in [0.4, 0.5) is 0 Å². The third-order valence-corrected chi connectivity index (χ3v) is 4.43. The van der Waals surface area contributed by atoms with Gasteiger partial charge in [0.15, 0.2) is 6.10 Å². The molecule has 0 fully saturated rings. The quantitative estimate of drug-likeness (QED) is 0.394. The molecule has 0 spiro atoms. The van der Waals surface area contributed by atoms with Gasteiger partial charge in [-0.2, -0.15) is 0 Å². The van der Waals surface area contributed by atoms with E-state index < -0.39 is 35.8 Å². The standard InChI is InChI=1S/C21H24O7/c1-3-19(22)27-13-15(12-26-18-11-7-4-8-14(18)2)28-21(25)17-10-6-5-9-16(17)20(23)24/h3-8,11,15-17H,1,9-10,12-13H2,2H3,(H,23,24). The zero-order chi connectivity index (χ0) is 20.5. The van der Waals surface area contributed by atoms with E-state index in [-0.39, 0.29) is 26.1 Å².